The van der Waals surface area contributed by atoms with E-state index in [0.717, 1.165) is 56.8 Å². The van der Waals surface area contributed by atoms with Gasteiger partial charge in [-0.1, -0.05) is 36.4 Å². The van der Waals surface area contributed by atoms with Crippen LogP contribution in [0.15, 0.2) is 84.9 Å². The van der Waals surface area contributed by atoms with Gasteiger partial charge in [0, 0.05) is 22.4 Å². The first-order chi connectivity index (χ1) is 16.7. The molecule has 0 aliphatic carbocycles. The molecule has 1 aliphatic heterocycles. The first kappa shape index (κ1) is 21.7. The number of hydrogen-bond acceptors (Lipinski definition) is 5. The summed E-state index contributed by atoms with van der Waals surface area (Å²) in [7, 11) is 6.78. The SMILES string of the molecule is COc1cccc(OC)c1C1c2c(OC)cccc2N(c2ccccc2)c2cccc(OC)c21. The highest BCUT2D eigenvalue weighted by Gasteiger charge is 2.39. The summed E-state index contributed by atoms with van der Waals surface area (Å²) in [6.07, 6.45) is 0. The maximum absolute atomic E-state index is 5.94. The molecule has 0 unspecified atom stereocenters. The molecular weight excluding hydrogens is 426 g/mol. The molecule has 0 spiro atoms. The molecule has 5 heteroatoms. The minimum atomic E-state index is -0.247. The molecule has 0 saturated carbocycles. The van der Waals surface area contributed by atoms with E-state index in [-0.39, 0.29) is 5.92 Å². The van der Waals surface area contributed by atoms with E-state index < -0.39 is 0 Å². The molecule has 1 heterocycles. The van der Waals surface area contributed by atoms with Crippen molar-refractivity contribution < 1.29 is 18.9 Å². The van der Waals surface area contributed by atoms with E-state index in [9.17, 15) is 0 Å². The number of para-hydroxylation sites is 1. The van der Waals surface area contributed by atoms with E-state index in [2.05, 4.69) is 29.2 Å². The summed E-state index contributed by atoms with van der Waals surface area (Å²) in [5, 5.41) is 0. The third kappa shape index (κ3) is 3.32. The third-order valence-electron chi connectivity index (χ3n) is 6.35. The summed E-state index contributed by atoms with van der Waals surface area (Å²) in [6, 6.07) is 28.5. The van der Waals surface area contributed by atoms with Crippen LogP contribution >= 0.6 is 0 Å². The molecule has 0 radical (unpaired) electrons. The number of benzene rings is 4. The van der Waals surface area contributed by atoms with Gasteiger partial charge in [-0.2, -0.15) is 0 Å². The van der Waals surface area contributed by atoms with Gasteiger partial charge >= 0.3 is 0 Å². The smallest absolute Gasteiger partial charge is 0.126 e. The van der Waals surface area contributed by atoms with Crippen molar-refractivity contribution in [1.29, 1.82) is 0 Å². The van der Waals surface area contributed by atoms with Gasteiger partial charge in [0.25, 0.3) is 0 Å². The van der Waals surface area contributed by atoms with Crippen molar-refractivity contribution in [1.82, 2.24) is 0 Å². The lowest BCUT2D eigenvalue weighted by Crippen LogP contribution is -2.24. The van der Waals surface area contributed by atoms with Crippen LogP contribution in [0.2, 0.25) is 0 Å². The molecule has 4 aromatic rings. The van der Waals surface area contributed by atoms with Gasteiger partial charge < -0.3 is 23.8 Å². The zero-order valence-corrected chi connectivity index (χ0v) is 19.7. The Kier molecular flexibility index (Phi) is 5.76. The molecule has 4 aromatic carbocycles. The molecule has 0 saturated heterocycles. The van der Waals surface area contributed by atoms with Crippen molar-refractivity contribution in [2.75, 3.05) is 33.3 Å². The predicted molar refractivity (Wildman–Crippen MR) is 135 cm³/mol. The normalized spacial score (nSPS) is 12.5. The Bertz CT molecular complexity index is 1240. The molecule has 34 heavy (non-hydrogen) atoms. The standard InChI is InChI=1S/C29H27NO4/c1-31-22-15-8-13-20-26(22)29(28-24(33-3)17-10-18-25(28)34-4)27-21(14-9-16-23(27)32-2)30(20)19-11-6-5-7-12-19/h5-18,29H,1-4H3. The number of anilines is 3. The van der Waals surface area contributed by atoms with Crippen LogP contribution in [0.4, 0.5) is 17.1 Å². The second kappa shape index (κ2) is 9.02. The second-order valence-corrected chi connectivity index (χ2v) is 7.97. The van der Waals surface area contributed by atoms with Crippen LogP contribution in [0, 0.1) is 0 Å². The van der Waals surface area contributed by atoms with E-state index in [1.807, 2.05) is 60.7 Å². The van der Waals surface area contributed by atoms with Crippen molar-refractivity contribution in [2.24, 2.45) is 0 Å². The average Bonchev–Trinajstić information content (AvgIpc) is 2.90. The number of hydrogen-bond donors (Lipinski definition) is 0. The number of ether oxygens (including phenoxy) is 4. The molecule has 5 rings (SSSR count). The first-order valence-corrected chi connectivity index (χ1v) is 11.1. The summed E-state index contributed by atoms with van der Waals surface area (Å²) in [4.78, 5) is 2.26. The lowest BCUT2D eigenvalue weighted by atomic mass is 9.78. The van der Waals surface area contributed by atoms with Crippen LogP contribution in [0.25, 0.3) is 0 Å². The van der Waals surface area contributed by atoms with Crippen LogP contribution < -0.4 is 23.8 Å². The molecule has 5 nitrogen and oxygen atoms in total. The molecule has 0 N–H and O–H groups in total. The summed E-state index contributed by atoms with van der Waals surface area (Å²) in [5.74, 6) is 2.81. The minimum absolute atomic E-state index is 0.247. The Labute approximate surface area is 200 Å². The Morgan fingerprint density at radius 1 is 0.471 bits per heavy atom. The van der Waals surface area contributed by atoms with Gasteiger partial charge in [-0.3, -0.25) is 0 Å². The fraction of sp³-hybridized carbons (Fsp3) is 0.172. The zero-order valence-electron chi connectivity index (χ0n) is 19.7. The Hall–Kier alpha value is -4.12. The molecule has 0 amide bonds. The summed E-state index contributed by atoms with van der Waals surface area (Å²) in [5.41, 5.74) is 6.09. The third-order valence-corrected chi connectivity index (χ3v) is 6.35. The van der Waals surface area contributed by atoms with Crippen LogP contribution in [-0.4, -0.2) is 28.4 Å². The van der Waals surface area contributed by atoms with Crippen molar-refractivity contribution in [3.05, 3.63) is 102 Å². The Balaban J connectivity index is 1.93. The molecule has 172 valence electrons. The lowest BCUT2D eigenvalue weighted by Gasteiger charge is -2.39. The van der Waals surface area contributed by atoms with Gasteiger partial charge in [-0.25, -0.2) is 0 Å². The molecule has 0 aromatic heterocycles. The first-order valence-electron chi connectivity index (χ1n) is 11.1. The quantitative estimate of drug-likeness (QED) is 0.287. The molecule has 0 bridgehead atoms. The van der Waals surface area contributed by atoms with E-state index >= 15 is 0 Å². The average molecular weight is 454 g/mol. The molecular formula is C29H27NO4. The van der Waals surface area contributed by atoms with Gasteiger partial charge in [0.2, 0.25) is 0 Å². The topological polar surface area (TPSA) is 40.2 Å². The van der Waals surface area contributed by atoms with Gasteiger partial charge in [-0.05, 0) is 48.5 Å². The maximum atomic E-state index is 5.94. The lowest BCUT2D eigenvalue weighted by molar-refractivity contribution is 0.378. The fourth-order valence-electron chi connectivity index (χ4n) is 4.97. The maximum Gasteiger partial charge on any atom is 0.126 e. The van der Waals surface area contributed by atoms with Crippen LogP contribution in [0.3, 0.4) is 0 Å². The molecule has 0 atom stereocenters. The Morgan fingerprint density at radius 2 is 0.882 bits per heavy atom. The highest BCUT2D eigenvalue weighted by molar-refractivity contribution is 5.89. The second-order valence-electron chi connectivity index (χ2n) is 7.97. The van der Waals surface area contributed by atoms with E-state index in [1.54, 1.807) is 28.4 Å². The van der Waals surface area contributed by atoms with Gasteiger partial charge in [0.05, 0.1) is 45.7 Å². The van der Waals surface area contributed by atoms with Crippen LogP contribution in [0.5, 0.6) is 23.0 Å². The summed E-state index contributed by atoms with van der Waals surface area (Å²) >= 11 is 0. The largest absolute Gasteiger partial charge is 0.496 e. The van der Waals surface area contributed by atoms with Crippen molar-refractivity contribution >= 4 is 17.1 Å². The van der Waals surface area contributed by atoms with E-state index in [1.165, 1.54) is 0 Å². The van der Waals surface area contributed by atoms with Gasteiger partial charge in [0.1, 0.15) is 23.0 Å². The van der Waals surface area contributed by atoms with Crippen molar-refractivity contribution in [2.45, 2.75) is 5.92 Å². The fourth-order valence-corrected chi connectivity index (χ4v) is 4.97. The summed E-state index contributed by atoms with van der Waals surface area (Å²) in [6.45, 7) is 0. The number of nitrogens with zero attached hydrogens (tertiary/aromatic N) is 1. The highest BCUT2D eigenvalue weighted by Crippen LogP contribution is 2.58. The van der Waals surface area contributed by atoms with Crippen LogP contribution in [0.1, 0.15) is 22.6 Å². The van der Waals surface area contributed by atoms with Crippen molar-refractivity contribution in [3.63, 3.8) is 0 Å². The number of rotatable bonds is 6. The predicted octanol–water partition coefficient (Wildman–Crippen LogP) is 6.68. The number of fused-ring (bicyclic) bond motifs is 2. The van der Waals surface area contributed by atoms with Gasteiger partial charge in [0.15, 0.2) is 0 Å². The summed E-state index contributed by atoms with van der Waals surface area (Å²) < 4.78 is 23.6. The van der Waals surface area contributed by atoms with E-state index in [4.69, 9.17) is 18.9 Å². The zero-order chi connectivity index (χ0) is 23.7. The highest BCUT2D eigenvalue weighted by atomic mass is 16.5. The van der Waals surface area contributed by atoms with Crippen molar-refractivity contribution in [3.8, 4) is 23.0 Å². The van der Waals surface area contributed by atoms with E-state index in [0.29, 0.717) is 0 Å². The molecule has 0 fully saturated rings. The van der Waals surface area contributed by atoms with Crippen LogP contribution in [-0.2, 0) is 0 Å². The molecule has 1 aliphatic rings. The van der Waals surface area contributed by atoms with Gasteiger partial charge in [-0.15, -0.1) is 0 Å². The minimum Gasteiger partial charge on any atom is -0.496 e. The number of methoxy groups -OCH3 is 4. The monoisotopic (exact) mass is 453 g/mol. The Morgan fingerprint density at radius 3 is 1.32 bits per heavy atom.